The van der Waals surface area contributed by atoms with Gasteiger partial charge >= 0.3 is 0 Å². The predicted molar refractivity (Wildman–Crippen MR) is 79.2 cm³/mol. The average molecular weight is 267 g/mol. The highest BCUT2D eigenvalue weighted by atomic mass is 16.6. The van der Waals surface area contributed by atoms with E-state index in [1.807, 2.05) is 73.6 Å². The molecule has 0 radical (unpaired) electrons. The van der Waals surface area contributed by atoms with Gasteiger partial charge in [0.15, 0.2) is 11.9 Å². The Labute approximate surface area is 118 Å². The Morgan fingerprint density at radius 3 is 2.25 bits per heavy atom. The van der Waals surface area contributed by atoms with Gasteiger partial charge < -0.3 is 9.64 Å². The van der Waals surface area contributed by atoms with Gasteiger partial charge in [-0.05, 0) is 17.7 Å². The third-order valence-corrected chi connectivity index (χ3v) is 3.55. The minimum atomic E-state index is -0.331. The highest BCUT2D eigenvalue weighted by Crippen LogP contribution is 2.40. The van der Waals surface area contributed by atoms with Gasteiger partial charge in [0.05, 0.1) is 0 Å². The second-order valence-corrected chi connectivity index (χ2v) is 5.19. The van der Waals surface area contributed by atoms with Crippen LogP contribution < -0.4 is 4.90 Å². The molecule has 0 amide bonds. The van der Waals surface area contributed by atoms with Gasteiger partial charge in [-0.2, -0.15) is 0 Å². The molecule has 2 atom stereocenters. The van der Waals surface area contributed by atoms with Crippen molar-refractivity contribution in [3.8, 4) is 0 Å². The molecule has 1 heterocycles. The van der Waals surface area contributed by atoms with Crippen LogP contribution in [-0.4, -0.2) is 26.0 Å². The first-order chi connectivity index (χ1) is 9.66. The van der Waals surface area contributed by atoms with Crippen LogP contribution in [0, 0.1) is 0 Å². The second-order valence-electron chi connectivity index (χ2n) is 5.19. The molecule has 3 heteroatoms. The van der Waals surface area contributed by atoms with Crippen LogP contribution in [0.1, 0.15) is 22.0 Å². The first-order valence-corrected chi connectivity index (χ1v) is 6.69. The van der Waals surface area contributed by atoms with E-state index in [0.717, 1.165) is 11.3 Å². The van der Waals surface area contributed by atoms with E-state index in [9.17, 15) is 4.79 Å². The van der Waals surface area contributed by atoms with Crippen molar-refractivity contribution in [1.82, 2.24) is 0 Å². The van der Waals surface area contributed by atoms with Crippen LogP contribution in [0.25, 0.3) is 0 Å². The molecular weight excluding hydrogens is 250 g/mol. The van der Waals surface area contributed by atoms with Gasteiger partial charge in [-0.3, -0.25) is 4.79 Å². The molecule has 0 N–H and O–H groups in total. The van der Waals surface area contributed by atoms with Crippen LogP contribution >= 0.6 is 0 Å². The van der Waals surface area contributed by atoms with Crippen molar-refractivity contribution in [2.75, 3.05) is 19.0 Å². The van der Waals surface area contributed by atoms with Crippen LogP contribution in [-0.2, 0) is 4.74 Å². The lowest BCUT2D eigenvalue weighted by Gasteiger charge is -2.12. The number of carbonyl (C=O) groups excluding carboxylic acids is 1. The van der Waals surface area contributed by atoms with Crippen molar-refractivity contribution in [2.45, 2.75) is 12.2 Å². The number of rotatable bonds is 4. The van der Waals surface area contributed by atoms with Gasteiger partial charge in [0.2, 0.25) is 0 Å². The fourth-order valence-corrected chi connectivity index (χ4v) is 2.29. The number of anilines is 1. The number of ketones is 1. The molecule has 2 unspecified atom stereocenters. The summed E-state index contributed by atoms with van der Waals surface area (Å²) in [6.45, 7) is 0. The molecule has 0 aliphatic carbocycles. The Hall–Kier alpha value is -2.13. The summed E-state index contributed by atoms with van der Waals surface area (Å²) in [6.07, 6.45) is -0.429. The zero-order valence-electron chi connectivity index (χ0n) is 11.6. The summed E-state index contributed by atoms with van der Waals surface area (Å²) >= 11 is 0. The van der Waals surface area contributed by atoms with Crippen molar-refractivity contribution >= 4 is 11.5 Å². The van der Waals surface area contributed by atoms with Crippen LogP contribution in [0.5, 0.6) is 0 Å². The molecule has 3 nitrogen and oxygen atoms in total. The number of carbonyl (C=O) groups is 1. The fraction of sp³-hybridized carbons (Fsp3) is 0.235. The summed E-state index contributed by atoms with van der Waals surface area (Å²) in [4.78, 5) is 14.3. The molecule has 0 bridgehead atoms. The Balaban J connectivity index is 1.71. The maximum Gasteiger partial charge on any atom is 0.194 e. The summed E-state index contributed by atoms with van der Waals surface area (Å²) in [5, 5.41) is 0. The molecule has 3 rings (SSSR count). The number of Topliss-reactive ketones (excluding diaryl/α,β-unsaturated/α-hetero) is 1. The lowest BCUT2D eigenvalue weighted by Crippen LogP contribution is -2.09. The van der Waals surface area contributed by atoms with Crippen LogP contribution in [0.15, 0.2) is 54.6 Å². The molecule has 2 aromatic carbocycles. The maximum atomic E-state index is 12.2. The SMILES string of the molecule is CN(C)c1ccc(C2OC2C(=O)c2ccccc2)cc1. The lowest BCUT2D eigenvalue weighted by molar-refractivity contribution is 0.0953. The Kier molecular flexibility index (Phi) is 3.28. The minimum Gasteiger partial charge on any atom is -0.378 e. The fourth-order valence-electron chi connectivity index (χ4n) is 2.29. The summed E-state index contributed by atoms with van der Waals surface area (Å²) < 4.78 is 5.56. The normalized spacial score (nSPS) is 20.5. The Morgan fingerprint density at radius 2 is 1.65 bits per heavy atom. The smallest absolute Gasteiger partial charge is 0.194 e. The van der Waals surface area contributed by atoms with Crippen LogP contribution in [0.2, 0.25) is 0 Å². The number of hydrogen-bond acceptors (Lipinski definition) is 3. The topological polar surface area (TPSA) is 32.8 Å². The van der Waals surface area contributed by atoms with E-state index in [1.165, 1.54) is 0 Å². The van der Waals surface area contributed by atoms with Crippen molar-refractivity contribution in [2.24, 2.45) is 0 Å². The largest absolute Gasteiger partial charge is 0.378 e. The van der Waals surface area contributed by atoms with Crippen molar-refractivity contribution in [1.29, 1.82) is 0 Å². The number of benzene rings is 2. The summed E-state index contributed by atoms with van der Waals surface area (Å²) in [5.74, 6) is 0.0623. The first-order valence-electron chi connectivity index (χ1n) is 6.69. The van der Waals surface area contributed by atoms with Gasteiger partial charge in [-0.25, -0.2) is 0 Å². The van der Waals surface area contributed by atoms with E-state index in [1.54, 1.807) is 0 Å². The summed E-state index contributed by atoms with van der Waals surface area (Å²) in [6, 6.07) is 17.4. The average Bonchev–Trinajstić information content (AvgIpc) is 3.28. The minimum absolute atomic E-state index is 0.0623. The van der Waals surface area contributed by atoms with E-state index >= 15 is 0 Å². The molecular formula is C17H17NO2. The van der Waals surface area contributed by atoms with Gasteiger partial charge in [-0.15, -0.1) is 0 Å². The standard InChI is InChI=1S/C17H17NO2/c1-18(2)14-10-8-13(9-11-14)16-17(20-16)15(19)12-6-4-3-5-7-12/h3-11,16-17H,1-2H3. The Morgan fingerprint density at radius 1 is 1.00 bits per heavy atom. The number of epoxide rings is 1. The highest BCUT2D eigenvalue weighted by Gasteiger charge is 2.46. The molecule has 0 aromatic heterocycles. The van der Waals surface area contributed by atoms with E-state index in [0.29, 0.717) is 5.56 Å². The molecule has 20 heavy (non-hydrogen) atoms. The lowest BCUT2D eigenvalue weighted by atomic mass is 10.0. The van der Waals surface area contributed by atoms with Crippen molar-refractivity contribution in [3.63, 3.8) is 0 Å². The zero-order chi connectivity index (χ0) is 14.1. The van der Waals surface area contributed by atoms with E-state index in [2.05, 4.69) is 0 Å². The molecule has 2 aromatic rings. The third-order valence-electron chi connectivity index (χ3n) is 3.55. The van der Waals surface area contributed by atoms with Crippen LogP contribution in [0.3, 0.4) is 0 Å². The molecule has 1 saturated heterocycles. The molecule has 102 valence electrons. The van der Waals surface area contributed by atoms with Crippen molar-refractivity contribution in [3.05, 3.63) is 65.7 Å². The monoisotopic (exact) mass is 267 g/mol. The summed E-state index contributed by atoms with van der Waals surface area (Å²) in [7, 11) is 4.01. The van der Waals surface area contributed by atoms with Gasteiger partial charge in [0.25, 0.3) is 0 Å². The zero-order valence-corrected chi connectivity index (χ0v) is 11.6. The molecule has 1 aliphatic heterocycles. The number of ether oxygens (including phenoxy) is 1. The van der Waals surface area contributed by atoms with Crippen molar-refractivity contribution < 1.29 is 9.53 Å². The quantitative estimate of drug-likeness (QED) is 0.630. The second kappa shape index (κ2) is 5.10. The summed E-state index contributed by atoms with van der Waals surface area (Å²) in [5.41, 5.74) is 2.91. The first kappa shape index (κ1) is 12.9. The molecule has 1 fully saturated rings. The third kappa shape index (κ3) is 2.45. The highest BCUT2D eigenvalue weighted by molar-refractivity contribution is 6.01. The molecule has 0 saturated carbocycles. The van der Waals surface area contributed by atoms with Gasteiger partial charge in [-0.1, -0.05) is 42.5 Å². The van der Waals surface area contributed by atoms with Gasteiger partial charge in [0, 0.05) is 25.3 Å². The van der Waals surface area contributed by atoms with E-state index in [-0.39, 0.29) is 18.0 Å². The van der Waals surface area contributed by atoms with E-state index < -0.39 is 0 Å². The number of nitrogens with zero attached hydrogens (tertiary/aromatic N) is 1. The Bertz CT molecular complexity index is 605. The number of hydrogen-bond donors (Lipinski definition) is 0. The predicted octanol–water partition coefficient (Wildman–Crippen LogP) is 3.08. The van der Waals surface area contributed by atoms with Crippen LogP contribution in [0.4, 0.5) is 5.69 Å². The molecule has 1 aliphatic rings. The van der Waals surface area contributed by atoms with Gasteiger partial charge in [0.1, 0.15) is 6.10 Å². The maximum absolute atomic E-state index is 12.2. The van der Waals surface area contributed by atoms with E-state index in [4.69, 9.17) is 4.74 Å². The molecule has 0 spiro atoms.